The normalized spacial score (nSPS) is 26.5. The number of hydrogen-bond acceptors (Lipinski definition) is 6. The number of carbonyl (C=O) groups is 2. The predicted octanol–water partition coefficient (Wildman–Crippen LogP) is 6.37. The quantitative estimate of drug-likeness (QED) is 0.265. The number of hydrogen-bond donors (Lipinski definition) is 2. The first-order chi connectivity index (χ1) is 25.0. The number of carbonyl (C=O) groups excluding carboxylic acids is 2. The molecule has 4 atom stereocenters. The Kier molecular flexibility index (Phi) is 9.44. The van der Waals surface area contributed by atoms with Gasteiger partial charge in [0.2, 0.25) is 5.91 Å². The van der Waals surface area contributed by atoms with Crippen molar-refractivity contribution in [3.8, 4) is 17.0 Å². The molecule has 3 aromatic rings. The molecule has 5 fully saturated rings. The van der Waals surface area contributed by atoms with E-state index in [4.69, 9.17) is 4.74 Å². The van der Waals surface area contributed by atoms with Crippen LogP contribution in [0.15, 0.2) is 36.4 Å². The van der Waals surface area contributed by atoms with Gasteiger partial charge < -0.3 is 19.5 Å². The maximum absolute atomic E-state index is 15.3. The number of ether oxygens (including phenoxy) is 1. The Morgan fingerprint density at radius 1 is 0.942 bits per heavy atom. The summed E-state index contributed by atoms with van der Waals surface area (Å²) in [6.45, 7) is 3.70. The minimum absolute atomic E-state index is 0.213. The van der Waals surface area contributed by atoms with Crippen molar-refractivity contribution in [1.29, 1.82) is 0 Å². The van der Waals surface area contributed by atoms with Crippen LogP contribution in [0.2, 0.25) is 0 Å². The molecule has 9 rings (SSSR count). The average Bonchev–Trinajstić information content (AvgIpc) is 3.90. The summed E-state index contributed by atoms with van der Waals surface area (Å²) >= 11 is 0. The summed E-state index contributed by atoms with van der Waals surface area (Å²) in [4.78, 5) is 31.0. The molecule has 3 saturated carbocycles. The fourth-order valence-corrected chi connectivity index (χ4v) is 10.3. The topological polar surface area (TPSA) is 113 Å². The van der Waals surface area contributed by atoms with Crippen molar-refractivity contribution in [2.24, 2.45) is 11.3 Å². The molecule has 2 amide bonds. The van der Waals surface area contributed by atoms with Crippen molar-refractivity contribution in [3.05, 3.63) is 53.1 Å². The molecule has 2 N–H and O–H groups in total. The van der Waals surface area contributed by atoms with Crippen LogP contribution >= 0.6 is 0 Å². The Morgan fingerprint density at radius 2 is 1.73 bits per heavy atom. The molecule has 280 valence electrons. The molecule has 1 aromatic heterocycles. The van der Waals surface area contributed by atoms with Crippen LogP contribution in [0.25, 0.3) is 22.2 Å². The van der Waals surface area contributed by atoms with Gasteiger partial charge in [-0.2, -0.15) is 12.7 Å². The fourth-order valence-electron chi connectivity index (χ4n) is 9.78. The van der Waals surface area contributed by atoms with Crippen LogP contribution in [0.5, 0.6) is 5.75 Å². The summed E-state index contributed by atoms with van der Waals surface area (Å²) in [5, 5.41) is 4.94. The summed E-state index contributed by atoms with van der Waals surface area (Å²) in [5.41, 5.74) is 5.00. The summed E-state index contributed by atoms with van der Waals surface area (Å²) in [7, 11) is 0.506. The maximum Gasteiger partial charge on any atom is 0.303 e. The zero-order valence-electron chi connectivity index (χ0n) is 31.2. The number of amides is 2. The minimum atomic E-state index is -3.98. The van der Waals surface area contributed by atoms with Crippen molar-refractivity contribution < 1.29 is 22.7 Å². The van der Waals surface area contributed by atoms with Crippen molar-refractivity contribution in [3.63, 3.8) is 0 Å². The Labute approximate surface area is 308 Å². The van der Waals surface area contributed by atoms with Gasteiger partial charge in [-0.15, -0.1) is 0 Å². The number of rotatable bonds is 9. The SMILES string of the molecule is COc1ccc2c(c1)CC(C)(C(=O)N1C3CCCC(NCC4CC4)CC1C3)Cn1c-2c(C2CCCCC2)c2ccc(C(=O)NS(=O)(=O)N(C)C)cc21. The van der Waals surface area contributed by atoms with E-state index in [9.17, 15) is 13.2 Å². The molecule has 0 radical (unpaired) electrons. The lowest BCUT2D eigenvalue weighted by molar-refractivity contribution is -0.158. The van der Waals surface area contributed by atoms with E-state index in [0.717, 1.165) is 88.8 Å². The minimum Gasteiger partial charge on any atom is -0.497 e. The first kappa shape index (κ1) is 35.6. The third kappa shape index (κ3) is 6.55. The van der Waals surface area contributed by atoms with E-state index in [2.05, 4.69) is 38.6 Å². The van der Waals surface area contributed by atoms with Crippen molar-refractivity contribution in [1.82, 2.24) is 23.8 Å². The Balaban J connectivity index is 1.24. The van der Waals surface area contributed by atoms with Crippen LogP contribution in [-0.4, -0.2) is 79.9 Å². The largest absolute Gasteiger partial charge is 0.497 e. The molecule has 4 unspecified atom stereocenters. The standard InChI is InChI=1S/C41H55N5O5S/c1-41(40(48)46-31-12-8-11-30(21-32(46)22-31)42-24-26-13-14-26)23-29-19-33(51-4)16-18-34(29)38-37(27-9-6-5-7-10-27)35-17-15-28(20-36(35)45(38)25-41)39(47)43-52(49,50)44(2)3/h15-20,26-27,30-32,42H,5-14,21-25H2,1-4H3,(H,43,47). The zero-order chi connectivity index (χ0) is 36.4. The van der Waals surface area contributed by atoms with E-state index < -0.39 is 21.5 Å². The van der Waals surface area contributed by atoms with Crippen LogP contribution in [0.4, 0.5) is 0 Å². The van der Waals surface area contributed by atoms with Crippen molar-refractivity contribution >= 4 is 32.9 Å². The second-order valence-electron chi connectivity index (χ2n) is 16.9. The third-order valence-electron chi connectivity index (χ3n) is 12.9. The number of fused-ring (bicyclic) bond motifs is 9. The lowest BCUT2D eigenvalue weighted by Crippen LogP contribution is -2.64. The number of nitrogens with zero attached hydrogens (tertiary/aromatic N) is 3. The molecular weight excluding hydrogens is 675 g/mol. The highest BCUT2D eigenvalue weighted by Crippen LogP contribution is 2.50. The second-order valence-corrected chi connectivity index (χ2v) is 18.7. The van der Waals surface area contributed by atoms with E-state index in [-0.39, 0.29) is 23.6 Å². The van der Waals surface area contributed by atoms with Gasteiger partial charge in [0.25, 0.3) is 5.91 Å². The number of aromatic nitrogens is 1. The van der Waals surface area contributed by atoms with Crippen LogP contribution in [0, 0.1) is 11.3 Å². The molecule has 3 aliphatic heterocycles. The molecule has 4 heterocycles. The highest BCUT2D eigenvalue weighted by Gasteiger charge is 2.50. The van der Waals surface area contributed by atoms with Crippen molar-refractivity contribution in [2.45, 2.75) is 121 Å². The lowest BCUT2D eigenvalue weighted by atomic mass is 9.75. The first-order valence-electron chi connectivity index (χ1n) is 19.6. The molecule has 2 aromatic carbocycles. The van der Waals surface area contributed by atoms with Crippen LogP contribution in [0.3, 0.4) is 0 Å². The third-order valence-corrected chi connectivity index (χ3v) is 14.3. The van der Waals surface area contributed by atoms with E-state index in [1.54, 1.807) is 13.2 Å². The van der Waals surface area contributed by atoms with Gasteiger partial charge in [-0.3, -0.25) is 9.59 Å². The first-order valence-corrected chi connectivity index (χ1v) is 21.0. The van der Waals surface area contributed by atoms with Crippen molar-refractivity contribution in [2.75, 3.05) is 27.7 Å². The van der Waals surface area contributed by atoms with Crippen LogP contribution in [0.1, 0.15) is 111 Å². The summed E-state index contributed by atoms with van der Waals surface area (Å²) in [6, 6.07) is 12.9. The van der Waals surface area contributed by atoms with Gasteiger partial charge in [-0.25, -0.2) is 4.72 Å². The summed E-state index contributed by atoms with van der Waals surface area (Å²) < 4.78 is 36.6. The van der Waals surface area contributed by atoms with Crippen LogP contribution in [-0.2, 0) is 28.0 Å². The van der Waals surface area contributed by atoms with E-state index in [1.807, 2.05) is 18.2 Å². The van der Waals surface area contributed by atoms with Gasteiger partial charge in [-0.1, -0.05) is 25.3 Å². The fraction of sp³-hybridized carbons (Fsp3) is 0.610. The molecule has 10 nitrogen and oxygen atoms in total. The van der Waals surface area contributed by atoms with Gasteiger partial charge in [0, 0.05) is 60.8 Å². The molecule has 52 heavy (non-hydrogen) atoms. The highest BCUT2D eigenvalue weighted by atomic mass is 32.2. The summed E-state index contributed by atoms with van der Waals surface area (Å²) in [6.07, 6.45) is 14.4. The molecular formula is C41H55N5O5S. The van der Waals surface area contributed by atoms with Gasteiger partial charge in [0.1, 0.15) is 5.75 Å². The molecule has 3 aliphatic carbocycles. The summed E-state index contributed by atoms with van der Waals surface area (Å²) in [5.74, 6) is 1.49. The zero-order valence-corrected chi connectivity index (χ0v) is 32.1. The molecule has 11 heteroatoms. The molecule has 2 bridgehead atoms. The van der Waals surface area contributed by atoms with Crippen LogP contribution < -0.4 is 14.8 Å². The van der Waals surface area contributed by atoms with E-state index >= 15 is 4.79 Å². The monoisotopic (exact) mass is 729 g/mol. The maximum atomic E-state index is 15.3. The molecule has 0 spiro atoms. The Morgan fingerprint density at radius 3 is 2.46 bits per heavy atom. The number of nitrogens with one attached hydrogen (secondary N) is 2. The number of methoxy groups -OCH3 is 1. The van der Waals surface area contributed by atoms with Gasteiger partial charge >= 0.3 is 10.2 Å². The predicted molar refractivity (Wildman–Crippen MR) is 204 cm³/mol. The lowest BCUT2D eigenvalue weighted by Gasteiger charge is -2.54. The van der Waals surface area contributed by atoms with Gasteiger partial charge in [0.15, 0.2) is 0 Å². The smallest absolute Gasteiger partial charge is 0.303 e. The second kappa shape index (κ2) is 13.8. The van der Waals surface area contributed by atoms with E-state index in [0.29, 0.717) is 24.9 Å². The molecule has 6 aliphatic rings. The van der Waals surface area contributed by atoms with E-state index in [1.165, 1.54) is 58.2 Å². The molecule has 2 saturated heterocycles. The Bertz CT molecular complexity index is 1980. The average molecular weight is 730 g/mol. The van der Waals surface area contributed by atoms with Gasteiger partial charge in [0.05, 0.1) is 18.2 Å². The highest BCUT2D eigenvalue weighted by molar-refractivity contribution is 7.87. The Hall–Kier alpha value is -3.41. The van der Waals surface area contributed by atoms with Gasteiger partial charge in [-0.05, 0) is 131 Å². The number of benzene rings is 2.